The van der Waals surface area contributed by atoms with E-state index in [2.05, 4.69) is 0 Å². The molecule has 0 N–H and O–H groups in total. The number of carbonyl (C=O) groups excluding carboxylic acids is 1. The lowest BCUT2D eigenvalue weighted by Gasteiger charge is -2.31. The van der Waals surface area contributed by atoms with Crippen molar-refractivity contribution in [3.63, 3.8) is 0 Å². The van der Waals surface area contributed by atoms with Crippen molar-refractivity contribution in [2.45, 2.75) is 25.7 Å². The van der Waals surface area contributed by atoms with E-state index in [0.29, 0.717) is 5.92 Å². The second kappa shape index (κ2) is 5.80. The third-order valence-corrected chi connectivity index (χ3v) is 3.46. The summed E-state index contributed by atoms with van der Waals surface area (Å²) in [5.41, 5.74) is 1.18. The zero-order chi connectivity index (χ0) is 13.0. The van der Waals surface area contributed by atoms with Crippen molar-refractivity contribution < 1.29 is 9.18 Å². The summed E-state index contributed by atoms with van der Waals surface area (Å²) in [5, 5.41) is 0. The molecule has 0 bridgehead atoms. The molecular formula is C15H18FNO. The standard InChI is InChI=1S/C15H18FNO/c1-2-3-15(18)17-10-8-13(9-11-17)12-4-6-14(16)7-5-12/h2-7,13H,8-11H2,1H3/b3-2+. The molecule has 1 aromatic carbocycles. The van der Waals surface area contributed by atoms with Gasteiger partial charge in [0, 0.05) is 13.1 Å². The highest BCUT2D eigenvalue weighted by Gasteiger charge is 2.22. The summed E-state index contributed by atoms with van der Waals surface area (Å²) in [7, 11) is 0. The van der Waals surface area contributed by atoms with E-state index in [4.69, 9.17) is 0 Å². The van der Waals surface area contributed by atoms with Crippen LogP contribution in [0.4, 0.5) is 4.39 Å². The molecule has 1 heterocycles. The van der Waals surface area contributed by atoms with Crippen LogP contribution in [0.5, 0.6) is 0 Å². The lowest BCUT2D eigenvalue weighted by Crippen LogP contribution is -2.36. The fourth-order valence-electron chi connectivity index (χ4n) is 2.42. The first kappa shape index (κ1) is 12.8. The van der Waals surface area contributed by atoms with Crippen molar-refractivity contribution in [3.05, 3.63) is 47.8 Å². The van der Waals surface area contributed by atoms with E-state index < -0.39 is 0 Å². The van der Waals surface area contributed by atoms with Crippen molar-refractivity contribution in [2.75, 3.05) is 13.1 Å². The van der Waals surface area contributed by atoms with E-state index in [-0.39, 0.29) is 11.7 Å². The minimum Gasteiger partial charge on any atom is -0.339 e. The number of benzene rings is 1. The first-order valence-electron chi connectivity index (χ1n) is 6.38. The van der Waals surface area contributed by atoms with Gasteiger partial charge in [0.25, 0.3) is 0 Å². The Balaban J connectivity index is 1.94. The topological polar surface area (TPSA) is 20.3 Å². The number of nitrogens with zero attached hydrogens (tertiary/aromatic N) is 1. The number of allylic oxidation sites excluding steroid dienone is 1. The van der Waals surface area contributed by atoms with Crippen LogP contribution in [0.3, 0.4) is 0 Å². The fraction of sp³-hybridized carbons (Fsp3) is 0.400. The van der Waals surface area contributed by atoms with Crippen LogP contribution in [0.25, 0.3) is 0 Å². The number of piperidine rings is 1. The molecule has 1 saturated heterocycles. The van der Waals surface area contributed by atoms with E-state index in [0.717, 1.165) is 25.9 Å². The number of rotatable bonds is 2. The smallest absolute Gasteiger partial charge is 0.246 e. The molecule has 0 spiro atoms. The molecule has 0 aromatic heterocycles. The second-order valence-corrected chi connectivity index (χ2v) is 4.65. The normalized spacial score (nSPS) is 17.3. The van der Waals surface area contributed by atoms with Crippen LogP contribution in [0.15, 0.2) is 36.4 Å². The maximum absolute atomic E-state index is 12.8. The summed E-state index contributed by atoms with van der Waals surface area (Å²) in [6.07, 6.45) is 5.29. The predicted molar refractivity (Wildman–Crippen MR) is 69.8 cm³/mol. The van der Waals surface area contributed by atoms with Crippen molar-refractivity contribution >= 4 is 5.91 Å². The molecule has 1 aromatic rings. The van der Waals surface area contributed by atoms with Gasteiger partial charge in [-0.25, -0.2) is 4.39 Å². The van der Waals surface area contributed by atoms with Crippen LogP contribution in [-0.2, 0) is 4.79 Å². The van der Waals surface area contributed by atoms with Crippen molar-refractivity contribution in [1.82, 2.24) is 4.90 Å². The molecule has 0 saturated carbocycles. The Labute approximate surface area is 107 Å². The predicted octanol–water partition coefficient (Wildman–Crippen LogP) is 3.11. The van der Waals surface area contributed by atoms with Crippen molar-refractivity contribution in [2.24, 2.45) is 0 Å². The molecule has 1 aliphatic heterocycles. The minimum absolute atomic E-state index is 0.0926. The van der Waals surface area contributed by atoms with E-state index >= 15 is 0 Å². The molecule has 0 unspecified atom stereocenters. The Kier molecular flexibility index (Phi) is 4.13. The van der Waals surface area contributed by atoms with Gasteiger partial charge in [0.15, 0.2) is 0 Å². The Bertz CT molecular complexity index is 430. The van der Waals surface area contributed by atoms with Gasteiger partial charge < -0.3 is 4.90 Å². The van der Waals surface area contributed by atoms with E-state index in [1.54, 1.807) is 12.2 Å². The monoisotopic (exact) mass is 247 g/mol. The molecule has 1 fully saturated rings. The third-order valence-electron chi connectivity index (χ3n) is 3.46. The Morgan fingerprint density at radius 1 is 1.28 bits per heavy atom. The van der Waals surface area contributed by atoms with Gasteiger partial charge in [0.1, 0.15) is 5.82 Å². The Hall–Kier alpha value is -1.64. The molecule has 1 aliphatic rings. The number of hydrogen-bond acceptors (Lipinski definition) is 1. The van der Waals surface area contributed by atoms with Crippen LogP contribution in [0, 0.1) is 5.82 Å². The molecule has 2 nitrogen and oxygen atoms in total. The summed E-state index contributed by atoms with van der Waals surface area (Å²) in [6.45, 7) is 3.42. The summed E-state index contributed by atoms with van der Waals surface area (Å²) in [6, 6.07) is 6.71. The molecule has 0 atom stereocenters. The molecule has 1 amide bonds. The zero-order valence-electron chi connectivity index (χ0n) is 10.6. The SMILES string of the molecule is C/C=C/C(=O)N1CCC(c2ccc(F)cc2)CC1. The number of hydrogen-bond donors (Lipinski definition) is 0. The highest BCUT2D eigenvalue weighted by atomic mass is 19.1. The van der Waals surface area contributed by atoms with Gasteiger partial charge in [0.2, 0.25) is 5.91 Å². The minimum atomic E-state index is -0.195. The fourth-order valence-corrected chi connectivity index (χ4v) is 2.42. The second-order valence-electron chi connectivity index (χ2n) is 4.65. The summed E-state index contributed by atoms with van der Waals surface area (Å²) < 4.78 is 12.8. The van der Waals surface area contributed by atoms with Crippen molar-refractivity contribution in [1.29, 1.82) is 0 Å². The molecule has 3 heteroatoms. The van der Waals surface area contributed by atoms with E-state index in [9.17, 15) is 9.18 Å². The highest BCUT2D eigenvalue weighted by molar-refractivity contribution is 5.87. The summed E-state index contributed by atoms with van der Waals surface area (Å²) in [4.78, 5) is 13.6. The first-order valence-corrected chi connectivity index (χ1v) is 6.38. The van der Waals surface area contributed by atoms with E-state index in [1.807, 2.05) is 24.0 Å². The van der Waals surface area contributed by atoms with Crippen LogP contribution in [0.1, 0.15) is 31.2 Å². The maximum Gasteiger partial charge on any atom is 0.246 e. The number of amides is 1. The van der Waals surface area contributed by atoms with Gasteiger partial charge in [-0.3, -0.25) is 4.79 Å². The van der Waals surface area contributed by atoms with Gasteiger partial charge >= 0.3 is 0 Å². The summed E-state index contributed by atoms with van der Waals surface area (Å²) in [5.74, 6) is 0.342. The van der Waals surface area contributed by atoms with Crippen LogP contribution in [-0.4, -0.2) is 23.9 Å². The molecule has 2 rings (SSSR count). The lowest BCUT2D eigenvalue weighted by atomic mass is 9.89. The average Bonchev–Trinajstić information content (AvgIpc) is 2.40. The van der Waals surface area contributed by atoms with Crippen LogP contribution >= 0.6 is 0 Å². The molecule has 18 heavy (non-hydrogen) atoms. The molecular weight excluding hydrogens is 229 g/mol. The molecule has 96 valence electrons. The number of carbonyl (C=O) groups is 1. The van der Waals surface area contributed by atoms with Crippen LogP contribution in [0.2, 0.25) is 0 Å². The van der Waals surface area contributed by atoms with Gasteiger partial charge in [-0.05, 0) is 49.5 Å². The Morgan fingerprint density at radius 2 is 1.89 bits per heavy atom. The van der Waals surface area contributed by atoms with Gasteiger partial charge in [-0.15, -0.1) is 0 Å². The maximum atomic E-state index is 12.8. The summed E-state index contributed by atoms with van der Waals surface area (Å²) >= 11 is 0. The zero-order valence-corrected chi connectivity index (χ0v) is 10.6. The average molecular weight is 247 g/mol. The van der Waals surface area contributed by atoms with Crippen LogP contribution < -0.4 is 0 Å². The first-order chi connectivity index (χ1) is 8.70. The number of halogens is 1. The largest absolute Gasteiger partial charge is 0.339 e. The van der Waals surface area contributed by atoms with Gasteiger partial charge in [-0.2, -0.15) is 0 Å². The highest BCUT2D eigenvalue weighted by Crippen LogP contribution is 2.28. The third kappa shape index (κ3) is 2.97. The molecule has 0 aliphatic carbocycles. The van der Waals surface area contributed by atoms with Gasteiger partial charge in [0.05, 0.1) is 0 Å². The quantitative estimate of drug-likeness (QED) is 0.735. The van der Waals surface area contributed by atoms with Crippen molar-refractivity contribution in [3.8, 4) is 0 Å². The van der Waals surface area contributed by atoms with Gasteiger partial charge in [-0.1, -0.05) is 18.2 Å². The molecule has 0 radical (unpaired) electrons. The lowest BCUT2D eigenvalue weighted by molar-refractivity contribution is -0.127. The van der Waals surface area contributed by atoms with E-state index in [1.165, 1.54) is 17.7 Å². The Morgan fingerprint density at radius 3 is 2.44 bits per heavy atom. The number of likely N-dealkylation sites (tertiary alicyclic amines) is 1.